The molecule has 1 aromatic carbocycles. The van der Waals surface area contributed by atoms with Crippen LogP contribution < -0.4 is 0 Å². The third kappa shape index (κ3) is 2.51. The van der Waals surface area contributed by atoms with Crippen molar-refractivity contribution in [2.45, 2.75) is 11.8 Å². The summed E-state index contributed by atoms with van der Waals surface area (Å²) in [4.78, 5) is 25.0. The molecule has 0 N–H and O–H groups in total. The molecule has 1 aliphatic heterocycles. The van der Waals surface area contributed by atoms with Crippen LogP contribution in [0.4, 0.5) is 0 Å². The first-order valence-electron chi connectivity index (χ1n) is 6.30. The summed E-state index contributed by atoms with van der Waals surface area (Å²) in [5, 5.41) is -0.489. The summed E-state index contributed by atoms with van der Waals surface area (Å²) in [6.45, 7) is 0. The summed E-state index contributed by atoms with van der Waals surface area (Å²) in [5.41, 5.74) is 2.01. The minimum atomic E-state index is -0.489. The molecule has 108 valence electrons. The molecule has 1 aromatic heterocycles. The Morgan fingerprint density at radius 1 is 1.29 bits per heavy atom. The molecule has 2 aromatic rings. The van der Waals surface area contributed by atoms with E-state index in [9.17, 15) is 9.59 Å². The highest BCUT2D eigenvalue weighted by Gasteiger charge is 2.29. The van der Waals surface area contributed by atoms with Gasteiger partial charge in [0.15, 0.2) is 4.67 Å². The maximum absolute atomic E-state index is 12.2. The second kappa shape index (κ2) is 5.31. The van der Waals surface area contributed by atoms with Crippen molar-refractivity contribution in [1.82, 2.24) is 4.90 Å². The van der Waals surface area contributed by atoms with E-state index in [2.05, 4.69) is 15.9 Å². The third-order valence-electron chi connectivity index (χ3n) is 3.52. The lowest BCUT2D eigenvalue weighted by Crippen LogP contribution is -2.39. The highest BCUT2D eigenvalue weighted by molar-refractivity contribution is 9.10. The Morgan fingerprint density at radius 3 is 2.71 bits per heavy atom. The van der Waals surface area contributed by atoms with Crippen molar-refractivity contribution in [3.05, 3.63) is 57.5 Å². The number of hydrogen-bond acceptors (Lipinski definition) is 3. The summed E-state index contributed by atoms with van der Waals surface area (Å²) in [5.74, 6) is 0.0985. The van der Waals surface area contributed by atoms with Crippen LogP contribution >= 0.6 is 27.5 Å². The second-order valence-corrected chi connectivity index (χ2v) is 6.07. The van der Waals surface area contributed by atoms with Crippen molar-refractivity contribution in [2.75, 3.05) is 7.05 Å². The number of amides is 2. The van der Waals surface area contributed by atoms with Gasteiger partial charge in [0, 0.05) is 12.6 Å². The van der Waals surface area contributed by atoms with Gasteiger partial charge in [-0.25, -0.2) is 0 Å². The average molecular weight is 369 g/mol. The van der Waals surface area contributed by atoms with E-state index in [1.165, 1.54) is 7.05 Å². The molecule has 0 spiro atoms. The first kappa shape index (κ1) is 14.4. The van der Waals surface area contributed by atoms with Crippen LogP contribution in [0.3, 0.4) is 0 Å². The number of benzene rings is 1. The maximum Gasteiger partial charge on any atom is 0.260 e. The van der Waals surface area contributed by atoms with Gasteiger partial charge in [-0.15, -0.1) is 11.6 Å². The molecule has 2 amide bonds. The van der Waals surface area contributed by atoms with Crippen molar-refractivity contribution in [3.8, 4) is 0 Å². The Morgan fingerprint density at radius 2 is 2.05 bits per heavy atom. The fourth-order valence-corrected chi connectivity index (χ4v) is 2.88. The van der Waals surface area contributed by atoms with Crippen LogP contribution in [-0.2, 0) is 11.2 Å². The number of alkyl halides is 1. The fourth-order valence-electron chi connectivity index (χ4n) is 2.31. The SMILES string of the molecule is CN1C(=O)Cc2ccc(C(Cl)c3ccc(Br)o3)cc2C1=O. The number of furan rings is 1. The topological polar surface area (TPSA) is 50.5 Å². The van der Waals surface area contributed by atoms with Gasteiger partial charge < -0.3 is 4.42 Å². The van der Waals surface area contributed by atoms with Crippen LogP contribution in [-0.4, -0.2) is 23.8 Å². The number of fused-ring (bicyclic) bond motifs is 1. The molecular weight excluding hydrogens is 358 g/mol. The lowest BCUT2D eigenvalue weighted by molar-refractivity contribution is -0.127. The summed E-state index contributed by atoms with van der Waals surface area (Å²) >= 11 is 9.63. The van der Waals surface area contributed by atoms with Gasteiger partial charge in [-0.1, -0.05) is 12.1 Å². The van der Waals surface area contributed by atoms with Crippen molar-refractivity contribution in [2.24, 2.45) is 0 Å². The number of halogens is 2. The number of likely N-dealkylation sites (N-methyl/N-ethyl adjacent to an activating group) is 1. The van der Waals surface area contributed by atoms with Gasteiger partial charge >= 0.3 is 0 Å². The fraction of sp³-hybridized carbons (Fsp3) is 0.200. The van der Waals surface area contributed by atoms with E-state index >= 15 is 0 Å². The van der Waals surface area contributed by atoms with E-state index < -0.39 is 5.38 Å². The smallest absolute Gasteiger partial charge is 0.260 e. The van der Waals surface area contributed by atoms with Crippen LogP contribution in [0.5, 0.6) is 0 Å². The molecule has 0 fully saturated rings. The van der Waals surface area contributed by atoms with Crippen molar-refractivity contribution < 1.29 is 14.0 Å². The number of nitrogens with zero attached hydrogens (tertiary/aromatic N) is 1. The zero-order valence-electron chi connectivity index (χ0n) is 11.1. The first-order chi connectivity index (χ1) is 9.97. The predicted octanol–water partition coefficient (Wildman–Crippen LogP) is 3.53. The summed E-state index contributed by atoms with van der Waals surface area (Å²) in [7, 11) is 1.49. The molecule has 0 saturated heterocycles. The lowest BCUT2D eigenvalue weighted by atomic mass is 9.95. The molecular formula is C15H11BrClNO3. The van der Waals surface area contributed by atoms with E-state index in [1.807, 2.05) is 6.07 Å². The standard InChI is InChI=1S/C15H11BrClNO3/c1-18-13(19)7-8-2-3-9(6-10(8)15(18)20)14(17)11-4-5-12(16)21-11/h2-6,14H,7H2,1H3. The number of rotatable bonds is 2. The molecule has 1 aliphatic rings. The Hall–Kier alpha value is -1.59. The molecule has 1 unspecified atom stereocenters. The van der Waals surface area contributed by atoms with E-state index in [1.54, 1.807) is 24.3 Å². The summed E-state index contributed by atoms with van der Waals surface area (Å²) in [6.07, 6.45) is 0.233. The van der Waals surface area contributed by atoms with E-state index in [0.717, 1.165) is 16.0 Å². The van der Waals surface area contributed by atoms with Crippen LogP contribution in [0, 0.1) is 0 Å². The number of carbonyl (C=O) groups is 2. The molecule has 4 nitrogen and oxygen atoms in total. The molecule has 21 heavy (non-hydrogen) atoms. The largest absolute Gasteiger partial charge is 0.452 e. The minimum Gasteiger partial charge on any atom is -0.452 e. The van der Waals surface area contributed by atoms with Crippen LogP contribution in [0.2, 0.25) is 0 Å². The Labute approximate surface area is 134 Å². The van der Waals surface area contributed by atoms with Crippen molar-refractivity contribution >= 4 is 39.3 Å². The molecule has 0 saturated carbocycles. The highest BCUT2D eigenvalue weighted by Crippen LogP contribution is 2.33. The third-order valence-corrected chi connectivity index (χ3v) is 4.41. The van der Waals surface area contributed by atoms with Gasteiger partial charge in [0.2, 0.25) is 5.91 Å². The number of hydrogen-bond donors (Lipinski definition) is 0. The second-order valence-electron chi connectivity index (χ2n) is 4.86. The zero-order valence-corrected chi connectivity index (χ0v) is 13.4. The molecule has 6 heteroatoms. The van der Waals surface area contributed by atoms with Crippen molar-refractivity contribution in [3.63, 3.8) is 0 Å². The quantitative estimate of drug-likeness (QED) is 0.602. The monoisotopic (exact) mass is 367 g/mol. The maximum atomic E-state index is 12.2. The van der Waals surface area contributed by atoms with E-state index in [0.29, 0.717) is 16.0 Å². The highest BCUT2D eigenvalue weighted by atomic mass is 79.9. The van der Waals surface area contributed by atoms with E-state index in [-0.39, 0.29) is 18.2 Å². The first-order valence-corrected chi connectivity index (χ1v) is 7.53. The molecule has 2 heterocycles. The van der Waals surface area contributed by atoms with E-state index in [4.69, 9.17) is 16.0 Å². The van der Waals surface area contributed by atoms with Gasteiger partial charge in [-0.2, -0.15) is 0 Å². The van der Waals surface area contributed by atoms with Crippen LogP contribution in [0.15, 0.2) is 39.4 Å². The van der Waals surface area contributed by atoms with Crippen LogP contribution in [0.1, 0.15) is 32.6 Å². The van der Waals surface area contributed by atoms with Gasteiger partial charge in [0.25, 0.3) is 5.91 Å². The molecule has 1 atom stereocenters. The van der Waals surface area contributed by atoms with Gasteiger partial charge in [0.1, 0.15) is 11.1 Å². The molecule has 0 aliphatic carbocycles. The summed E-state index contributed by atoms with van der Waals surface area (Å²) < 4.78 is 6.04. The summed E-state index contributed by atoms with van der Waals surface area (Å²) in [6, 6.07) is 8.87. The molecule has 0 radical (unpaired) electrons. The van der Waals surface area contributed by atoms with Gasteiger partial charge in [-0.05, 0) is 45.3 Å². The number of carbonyl (C=O) groups excluding carboxylic acids is 2. The van der Waals surface area contributed by atoms with Crippen molar-refractivity contribution in [1.29, 1.82) is 0 Å². The zero-order chi connectivity index (χ0) is 15.1. The van der Waals surface area contributed by atoms with Gasteiger partial charge in [-0.3, -0.25) is 14.5 Å². The Balaban J connectivity index is 2.00. The normalized spacial score (nSPS) is 16.0. The van der Waals surface area contributed by atoms with Crippen LogP contribution in [0.25, 0.3) is 0 Å². The lowest BCUT2D eigenvalue weighted by Gasteiger charge is -2.24. The Kier molecular flexibility index (Phi) is 3.63. The Bertz CT molecular complexity index is 740. The molecule has 0 bridgehead atoms. The predicted molar refractivity (Wildman–Crippen MR) is 81.4 cm³/mol. The average Bonchev–Trinajstić information content (AvgIpc) is 2.90. The number of imide groups is 1. The minimum absolute atomic E-state index is 0.197. The van der Waals surface area contributed by atoms with Gasteiger partial charge in [0.05, 0.1) is 6.42 Å². The molecule has 3 rings (SSSR count).